The summed E-state index contributed by atoms with van der Waals surface area (Å²) in [7, 11) is 0. The molecule has 0 spiro atoms. The second kappa shape index (κ2) is 11.5. The first-order valence-corrected chi connectivity index (χ1v) is 10.9. The van der Waals surface area contributed by atoms with E-state index in [9.17, 15) is 23.1 Å². The summed E-state index contributed by atoms with van der Waals surface area (Å²) in [5.41, 5.74) is 1.05. The average molecular weight is 466 g/mol. The summed E-state index contributed by atoms with van der Waals surface area (Å²) in [4.78, 5) is 16.4. The number of amides is 1. The van der Waals surface area contributed by atoms with Crippen molar-refractivity contribution in [2.75, 3.05) is 45.9 Å². The zero-order valence-corrected chi connectivity index (χ0v) is 18.6. The van der Waals surface area contributed by atoms with E-state index in [0.29, 0.717) is 25.2 Å². The van der Waals surface area contributed by atoms with Gasteiger partial charge in [0.2, 0.25) is 5.91 Å². The third kappa shape index (κ3) is 8.34. The lowest BCUT2D eigenvalue weighted by Crippen LogP contribution is -2.51. The molecule has 33 heavy (non-hydrogen) atoms. The van der Waals surface area contributed by atoms with Crippen LogP contribution in [0.2, 0.25) is 0 Å². The molecule has 2 aromatic carbocycles. The number of nitrogens with zero attached hydrogens (tertiary/aromatic N) is 2. The largest absolute Gasteiger partial charge is 0.491 e. The number of piperazine rings is 1. The van der Waals surface area contributed by atoms with Gasteiger partial charge in [-0.2, -0.15) is 13.2 Å². The Morgan fingerprint density at radius 2 is 1.64 bits per heavy atom. The predicted octanol–water partition coefficient (Wildman–Crippen LogP) is 2.69. The van der Waals surface area contributed by atoms with Crippen LogP contribution in [0.15, 0.2) is 48.5 Å². The molecular formula is C24H30F3N3O3. The van der Waals surface area contributed by atoms with Crippen molar-refractivity contribution >= 4 is 5.91 Å². The predicted molar refractivity (Wildman–Crippen MR) is 119 cm³/mol. The zero-order valence-electron chi connectivity index (χ0n) is 18.6. The molecule has 0 radical (unpaired) electrons. The molecule has 6 nitrogen and oxygen atoms in total. The summed E-state index contributed by atoms with van der Waals surface area (Å²) in [6.07, 6.45) is -4.97. The molecule has 180 valence electrons. The number of ether oxygens (including phenoxy) is 1. The molecule has 0 bridgehead atoms. The number of benzene rings is 2. The fraction of sp³-hybridized carbons (Fsp3) is 0.458. The van der Waals surface area contributed by atoms with Crippen LogP contribution in [0, 0.1) is 6.92 Å². The number of alkyl halides is 3. The van der Waals surface area contributed by atoms with Gasteiger partial charge in [-0.1, -0.05) is 29.8 Å². The summed E-state index contributed by atoms with van der Waals surface area (Å²) in [6, 6.07) is 12.4. The van der Waals surface area contributed by atoms with Crippen LogP contribution in [0.25, 0.3) is 0 Å². The third-order valence-electron chi connectivity index (χ3n) is 5.54. The van der Waals surface area contributed by atoms with Crippen LogP contribution in [0.4, 0.5) is 13.2 Å². The van der Waals surface area contributed by atoms with Gasteiger partial charge in [0.1, 0.15) is 18.5 Å². The standard InChI is InChI=1S/C24H30F3N3O3/c1-18-2-8-22(9-3-18)33-17-21(31)15-29-10-12-30(13-11-29)16-23(32)28-14-19-4-6-20(7-5-19)24(25,26)27/h2-9,21,31H,10-17H2,1H3,(H,28,32)/t21-/m1/s1. The van der Waals surface area contributed by atoms with Crippen molar-refractivity contribution in [3.05, 3.63) is 65.2 Å². The van der Waals surface area contributed by atoms with E-state index in [1.807, 2.05) is 36.1 Å². The van der Waals surface area contributed by atoms with Gasteiger partial charge in [0.05, 0.1) is 12.1 Å². The number of carbonyl (C=O) groups is 1. The normalized spacial score (nSPS) is 16.4. The van der Waals surface area contributed by atoms with Crippen molar-refractivity contribution in [3.8, 4) is 5.75 Å². The molecule has 1 aliphatic heterocycles. The summed E-state index contributed by atoms with van der Waals surface area (Å²) in [5.74, 6) is 0.557. The molecule has 0 aromatic heterocycles. The minimum absolute atomic E-state index is 0.171. The summed E-state index contributed by atoms with van der Waals surface area (Å²) in [6.45, 7) is 5.98. The molecule has 1 saturated heterocycles. The molecule has 1 atom stereocenters. The minimum Gasteiger partial charge on any atom is -0.491 e. The summed E-state index contributed by atoms with van der Waals surface area (Å²) < 4.78 is 43.5. The van der Waals surface area contributed by atoms with E-state index in [1.165, 1.54) is 12.1 Å². The van der Waals surface area contributed by atoms with E-state index in [4.69, 9.17) is 4.74 Å². The number of aliphatic hydroxyl groups is 1. The number of halogens is 3. The lowest BCUT2D eigenvalue weighted by Gasteiger charge is -2.35. The van der Waals surface area contributed by atoms with Crippen molar-refractivity contribution in [2.24, 2.45) is 0 Å². The third-order valence-corrected chi connectivity index (χ3v) is 5.54. The maximum Gasteiger partial charge on any atom is 0.416 e. The fourth-order valence-electron chi connectivity index (χ4n) is 3.58. The molecule has 2 aromatic rings. The van der Waals surface area contributed by atoms with Crippen LogP contribution in [0.3, 0.4) is 0 Å². The van der Waals surface area contributed by atoms with Crippen LogP contribution in [0.5, 0.6) is 5.75 Å². The Morgan fingerprint density at radius 1 is 1.03 bits per heavy atom. The molecular weight excluding hydrogens is 435 g/mol. The Balaban J connectivity index is 1.31. The van der Waals surface area contributed by atoms with Gasteiger partial charge in [-0.05, 0) is 36.8 Å². The monoisotopic (exact) mass is 465 g/mol. The lowest BCUT2D eigenvalue weighted by molar-refractivity contribution is -0.137. The maximum absolute atomic E-state index is 12.6. The van der Waals surface area contributed by atoms with E-state index in [2.05, 4.69) is 10.2 Å². The number of nitrogens with one attached hydrogen (secondary N) is 1. The fourth-order valence-corrected chi connectivity index (χ4v) is 3.58. The minimum atomic E-state index is -4.37. The number of aliphatic hydroxyl groups excluding tert-OH is 1. The molecule has 1 amide bonds. The van der Waals surface area contributed by atoms with Crippen molar-refractivity contribution in [1.29, 1.82) is 0 Å². The van der Waals surface area contributed by atoms with Crippen molar-refractivity contribution in [2.45, 2.75) is 25.7 Å². The van der Waals surface area contributed by atoms with Crippen LogP contribution in [-0.4, -0.2) is 72.8 Å². The molecule has 0 saturated carbocycles. The van der Waals surface area contributed by atoms with Gasteiger partial charge >= 0.3 is 6.18 Å². The van der Waals surface area contributed by atoms with Gasteiger partial charge in [0.25, 0.3) is 0 Å². The maximum atomic E-state index is 12.6. The summed E-state index contributed by atoms with van der Waals surface area (Å²) >= 11 is 0. The SMILES string of the molecule is Cc1ccc(OC[C@H](O)CN2CCN(CC(=O)NCc3ccc(C(F)(F)F)cc3)CC2)cc1. The zero-order chi connectivity index (χ0) is 23.8. The van der Waals surface area contributed by atoms with Gasteiger partial charge in [-0.25, -0.2) is 0 Å². The van der Waals surface area contributed by atoms with Crippen molar-refractivity contribution in [1.82, 2.24) is 15.1 Å². The Bertz CT molecular complexity index is 881. The van der Waals surface area contributed by atoms with Crippen LogP contribution < -0.4 is 10.1 Å². The Hall–Kier alpha value is -2.62. The number of aryl methyl sites for hydroxylation is 1. The second-order valence-corrected chi connectivity index (χ2v) is 8.33. The Kier molecular flexibility index (Phi) is 8.71. The van der Waals surface area contributed by atoms with E-state index < -0.39 is 17.8 Å². The van der Waals surface area contributed by atoms with Crippen LogP contribution >= 0.6 is 0 Å². The van der Waals surface area contributed by atoms with E-state index >= 15 is 0 Å². The molecule has 0 aliphatic carbocycles. The average Bonchev–Trinajstić information content (AvgIpc) is 2.78. The van der Waals surface area contributed by atoms with Gasteiger partial charge < -0.3 is 15.2 Å². The first-order chi connectivity index (χ1) is 15.7. The Labute approximate surface area is 191 Å². The highest BCUT2D eigenvalue weighted by atomic mass is 19.4. The van der Waals surface area contributed by atoms with Gasteiger partial charge in [-0.3, -0.25) is 14.6 Å². The number of carbonyl (C=O) groups excluding carboxylic acids is 1. The van der Waals surface area contributed by atoms with Gasteiger partial charge in [0, 0.05) is 39.3 Å². The van der Waals surface area contributed by atoms with Crippen molar-refractivity contribution < 1.29 is 27.8 Å². The van der Waals surface area contributed by atoms with Crippen molar-refractivity contribution in [3.63, 3.8) is 0 Å². The molecule has 1 aliphatic rings. The Morgan fingerprint density at radius 3 is 2.24 bits per heavy atom. The molecule has 1 fully saturated rings. The van der Waals surface area contributed by atoms with E-state index in [0.717, 1.165) is 36.5 Å². The number of hydrogen-bond donors (Lipinski definition) is 2. The quantitative estimate of drug-likeness (QED) is 0.596. The number of rotatable bonds is 9. The van der Waals surface area contributed by atoms with Gasteiger partial charge in [-0.15, -0.1) is 0 Å². The van der Waals surface area contributed by atoms with Crippen LogP contribution in [0.1, 0.15) is 16.7 Å². The molecule has 9 heteroatoms. The molecule has 2 N–H and O–H groups in total. The lowest BCUT2D eigenvalue weighted by atomic mass is 10.1. The molecule has 3 rings (SSSR count). The number of hydrogen-bond acceptors (Lipinski definition) is 5. The second-order valence-electron chi connectivity index (χ2n) is 8.33. The van der Waals surface area contributed by atoms with E-state index in [1.54, 1.807) is 0 Å². The highest BCUT2D eigenvalue weighted by molar-refractivity contribution is 5.78. The molecule has 1 heterocycles. The smallest absolute Gasteiger partial charge is 0.416 e. The first-order valence-electron chi connectivity index (χ1n) is 10.9. The highest BCUT2D eigenvalue weighted by Gasteiger charge is 2.30. The topological polar surface area (TPSA) is 65.0 Å². The van der Waals surface area contributed by atoms with Gasteiger partial charge in [0.15, 0.2) is 0 Å². The van der Waals surface area contributed by atoms with E-state index in [-0.39, 0.29) is 25.6 Å². The molecule has 0 unspecified atom stereocenters. The van der Waals surface area contributed by atoms with Crippen LogP contribution in [-0.2, 0) is 17.5 Å². The highest BCUT2D eigenvalue weighted by Crippen LogP contribution is 2.29. The number of β-amino-alcohol motifs (C(OH)–C–C–N with tert-alkyl or cyclic N) is 1. The summed E-state index contributed by atoms with van der Waals surface area (Å²) in [5, 5.41) is 13.0. The first kappa shape index (κ1) is 25.0.